The number of amides is 4. The average molecular weight is 778 g/mol. The largest absolute Gasteiger partial charge is 0.481 e. The number of urea groups is 1. The minimum atomic E-state index is -4.79. The number of hydrogen-bond acceptors (Lipinski definition) is 8. The normalized spacial score (nSPS) is 20.2. The number of alkyl halides is 3. The molecule has 3 fully saturated rings. The summed E-state index contributed by atoms with van der Waals surface area (Å²) in [5.74, 6) is -1.33. The summed E-state index contributed by atoms with van der Waals surface area (Å²) in [5, 5.41) is 11.7. The molecule has 3 saturated heterocycles. The predicted octanol–water partition coefficient (Wildman–Crippen LogP) is 4.63. The van der Waals surface area contributed by atoms with Gasteiger partial charge in [0, 0.05) is 89.6 Å². The lowest BCUT2D eigenvalue weighted by Gasteiger charge is -2.43. The van der Waals surface area contributed by atoms with E-state index in [9.17, 15) is 32.3 Å². The van der Waals surface area contributed by atoms with E-state index < -0.39 is 41.5 Å². The molecule has 4 heterocycles. The molecule has 6 rings (SSSR count). The van der Waals surface area contributed by atoms with Gasteiger partial charge in [0.25, 0.3) is 5.91 Å². The number of nitrogens with one attached hydrogen (secondary N) is 1. The summed E-state index contributed by atoms with van der Waals surface area (Å²) >= 11 is 6.12. The molecule has 0 aliphatic carbocycles. The lowest BCUT2D eigenvalue weighted by atomic mass is 9.99. The Kier molecular flexibility index (Phi) is 12.4. The van der Waals surface area contributed by atoms with Crippen molar-refractivity contribution < 1.29 is 42.2 Å². The zero-order valence-electron chi connectivity index (χ0n) is 30.0. The summed E-state index contributed by atoms with van der Waals surface area (Å²) in [4.78, 5) is 61.1. The van der Waals surface area contributed by atoms with Crippen LogP contribution < -0.4 is 11.1 Å². The van der Waals surface area contributed by atoms with Crippen molar-refractivity contribution in [1.29, 1.82) is 0 Å². The summed E-state index contributed by atoms with van der Waals surface area (Å²) in [6, 6.07) is 9.65. The van der Waals surface area contributed by atoms with Gasteiger partial charge in [-0.3, -0.25) is 14.5 Å². The number of hydrogen-bond donors (Lipinski definition) is 3. The molecule has 0 saturated carbocycles. The second-order valence-electron chi connectivity index (χ2n) is 14.4. The maximum atomic E-state index is 14.1. The number of carboxylic acids is 1. The van der Waals surface area contributed by atoms with Crippen molar-refractivity contribution in [2.45, 2.75) is 69.3 Å². The highest BCUT2D eigenvalue weighted by Crippen LogP contribution is 2.38. The number of halogens is 4. The Morgan fingerprint density at radius 2 is 1.57 bits per heavy atom. The topological polar surface area (TPSA) is 152 Å². The van der Waals surface area contributed by atoms with Crippen LogP contribution in [0.5, 0.6) is 0 Å². The van der Waals surface area contributed by atoms with Crippen molar-refractivity contribution in [3.63, 3.8) is 0 Å². The maximum Gasteiger partial charge on any atom is 0.418 e. The maximum absolute atomic E-state index is 14.1. The van der Waals surface area contributed by atoms with Gasteiger partial charge < -0.3 is 40.5 Å². The number of piperazine rings is 1. The molecular formula is C37H47ClF3N7O6. The summed E-state index contributed by atoms with van der Waals surface area (Å²) in [6.07, 6.45) is -4.22. The second-order valence-corrected chi connectivity index (χ2v) is 14.8. The average Bonchev–Trinajstić information content (AvgIpc) is 3.32. The fourth-order valence-corrected chi connectivity index (χ4v) is 8.22. The molecule has 1 unspecified atom stereocenters. The third-order valence-electron chi connectivity index (χ3n) is 11.1. The lowest BCUT2D eigenvalue weighted by Crippen LogP contribution is -2.55. The van der Waals surface area contributed by atoms with Crippen molar-refractivity contribution in [1.82, 2.24) is 24.5 Å². The zero-order valence-corrected chi connectivity index (χ0v) is 30.8. The van der Waals surface area contributed by atoms with E-state index in [-0.39, 0.29) is 54.6 Å². The third kappa shape index (κ3) is 9.50. The minimum absolute atomic E-state index is 0.0511. The monoisotopic (exact) mass is 777 g/mol. The quantitative estimate of drug-likeness (QED) is 0.310. The number of benzene rings is 2. The van der Waals surface area contributed by atoms with E-state index in [0.717, 1.165) is 43.5 Å². The fourth-order valence-electron chi connectivity index (χ4n) is 7.98. The van der Waals surface area contributed by atoms with Crippen molar-refractivity contribution in [2.24, 2.45) is 0 Å². The number of rotatable bonds is 9. The van der Waals surface area contributed by atoms with Crippen molar-refractivity contribution >= 4 is 47.0 Å². The molecule has 4 N–H and O–H groups in total. The fraction of sp³-hybridized carbons (Fsp3) is 0.568. The van der Waals surface area contributed by atoms with Gasteiger partial charge in [-0.15, -0.1) is 0 Å². The van der Waals surface area contributed by atoms with Gasteiger partial charge >= 0.3 is 24.3 Å². The van der Waals surface area contributed by atoms with Gasteiger partial charge in [-0.25, -0.2) is 9.59 Å². The first-order valence-electron chi connectivity index (χ1n) is 18.5. The number of aliphatic carboxylic acids is 1. The van der Waals surface area contributed by atoms with Gasteiger partial charge in [-0.2, -0.15) is 13.2 Å². The highest BCUT2D eigenvalue weighted by Gasteiger charge is 2.38. The van der Waals surface area contributed by atoms with E-state index in [1.54, 1.807) is 9.80 Å². The van der Waals surface area contributed by atoms with Gasteiger partial charge in [-0.1, -0.05) is 29.8 Å². The number of nitrogen functional groups attached to an aromatic ring is 1. The number of anilines is 2. The van der Waals surface area contributed by atoms with Crippen LogP contribution in [0.2, 0.25) is 5.02 Å². The highest BCUT2D eigenvalue weighted by molar-refractivity contribution is 6.33. The molecule has 13 nitrogen and oxygen atoms in total. The van der Waals surface area contributed by atoms with E-state index in [4.69, 9.17) is 27.2 Å². The molecule has 0 aromatic heterocycles. The van der Waals surface area contributed by atoms with E-state index >= 15 is 0 Å². The Morgan fingerprint density at radius 1 is 0.926 bits per heavy atom. The Hall–Kier alpha value is -4.28. The third-order valence-corrected chi connectivity index (χ3v) is 11.4. The standard InChI is InChI=1S/C37H47ClF3N7O6/c38-29-22-24(21-28(33(29)42)37(39,40)41)23-31(34(51)46-12-6-26(7-13-46)45-19-17-44(18-20-45)11-10-32(49)50)54-36(53)47-14-8-27(9-15-47)48-16-5-25-3-1-2-4-30(25)43-35(48)52/h1-4,21-22,26-27,31H,5-20,23,42H2,(H,43,52)(H,49,50). The second kappa shape index (κ2) is 17.0. The molecule has 0 radical (unpaired) electrons. The number of nitrogens with two attached hydrogens (primary N) is 1. The minimum Gasteiger partial charge on any atom is -0.481 e. The van der Waals surface area contributed by atoms with Crippen LogP contribution in [0.1, 0.15) is 48.8 Å². The number of piperidine rings is 2. The number of carbonyl (C=O) groups excluding carboxylic acids is 3. The number of ether oxygens (including phenoxy) is 1. The van der Waals surface area contributed by atoms with Crippen molar-refractivity contribution in [3.8, 4) is 0 Å². The summed E-state index contributed by atoms with van der Waals surface area (Å²) in [6.45, 7) is 5.39. The van der Waals surface area contributed by atoms with E-state index in [1.807, 2.05) is 24.3 Å². The molecule has 17 heteroatoms. The number of fused-ring (bicyclic) bond motifs is 1. The predicted molar refractivity (Wildman–Crippen MR) is 195 cm³/mol. The van der Waals surface area contributed by atoms with Crippen molar-refractivity contribution in [3.05, 3.63) is 58.1 Å². The SMILES string of the molecule is Nc1c(Cl)cc(CC(OC(=O)N2CCC(N3CCc4ccccc4NC3=O)CC2)C(=O)N2CCC(N3CCN(CCC(=O)O)CC3)CC2)cc1C(F)(F)F. The van der Waals surface area contributed by atoms with Crippen LogP contribution in [0, 0.1) is 0 Å². The van der Waals surface area contributed by atoms with E-state index in [2.05, 4.69) is 15.1 Å². The van der Waals surface area contributed by atoms with E-state index in [0.29, 0.717) is 58.3 Å². The van der Waals surface area contributed by atoms with Gasteiger partial charge in [-0.05, 0) is 61.4 Å². The smallest absolute Gasteiger partial charge is 0.418 e. The molecule has 294 valence electrons. The first kappa shape index (κ1) is 39.4. The first-order valence-corrected chi connectivity index (χ1v) is 18.9. The van der Waals surface area contributed by atoms with Gasteiger partial charge in [0.2, 0.25) is 0 Å². The van der Waals surface area contributed by atoms with Crippen LogP contribution in [0.3, 0.4) is 0 Å². The Labute approximate surface area is 317 Å². The van der Waals surface area contributed by atoms with E-state index in [1.165, 1.54) is 11.0 Å². The van der Waals surface area contributed by atoms with Crippen LogP contribution in [0.4, 0.5) is 34.1 Å². The molecule has 1 atom stereocenters. The molecule has 4 aliphatic heterocycles. The molecule has 0 spiro atoms. The number of para-hydroxylation sites is 1. The molecular weight excluding hydrogens is 731 g/mol. The summed E-state index contributed by atoms with van der Waals surface area (Å²) in [7, 11) is 0. The molecule has 54 heavy (non-hydrogen) atoms. The Bertz CT molecular complexity index is 1690. The molecule has 2 aromatic carbocycles. The van der Waals surface area contributed by atoms with Crippen LogP contribution in [-0.4, -0.2) is 137 Å². The number of carboxylic acid groups (broad SMARTS) is 1. The number of nitrogens with zero attached hydrogens (tertiary/aromatic N) is 5. The lowest BCUT2D eigenvalue weighted by molar-refractivity contribution is -0.143. The van der Waals surface area contributed by atoms with Gasteiger partial charge in [0.15, 0.2) is 6.10 Å². The van der Waals surface area contributed by atoms with Crippen LogP contribution in [-0.2, 0) is 33.3 Å². The van der Waals surface area contributed by atoms with Crippen LogP contribution in [0.25, 0.3) is 0 Å². The summed E-state index contributed by atoms with van der Waals surface area (Å²) < 4.78 is 47.4. The van der Waals surface area contributed by atoms with Gasteiger partial charge in [0.05, 0.1) is 22.7 Å². The molecule has 4 amide bonds. The molecule has 0 bridgehead atoms. The molecule has 2 aromatic rings. The first-order chi connectivity index (χ1) is 25.8. The number of likely N-dealkylation sites (tertiary alicyclic amines) is 2. The Balaban J connectivity index is 1.09. The van der Waals surface area contributed by atoms with Crippen LogP contribution >= 0.6 is 11.6 Å². The zero-order chi connectivity index (χ0) is 38.6. The van der Waals surface area contributed by atoms with Crippen molar-refractivity contribution in [2.75, 3.05) is 76.5 Å². The number of carbonyl (C=O) groups is 4. The van der Waals surface area contributed by atoms with Gasteiger partial charge in [0.1, 0.15) is 0 Å². The van der Waals surface area contributed by atoms with Crippen LogP contribution in [0.15, 0.2) is 36.4 Å². The summed E-state index contributed by atoms with van der Waals surface area (Å²) in [5.41, 5.74) is 5.79. The highest BCUT2D eigenvalue weighted by atomic mass is 35.5. The molecule has 4 aliphatic rings. The Morgan fingerprint density at radius 3 is 2.24 bits per heavy atom.